The predicted molar refractivity (Wildman–Crippen MR) is 123 cm³/mol. The molecule has 1 aromatic heterocycles. The van der Waals surface area contributed by atoms with Crippen LogP contribution < -0.4 is 0 Å². The first-order valence-corrected chi connectivity index (χ1v) is 13.4. The summed E-state index contributed by atoms with van der Waals surface area (Å²) in [6.45, 7) is 2.86. The number of thiophene rings is 1. The number of carbonyl (C=O) groups is 2. The summed E-state index contributed by atoms with van der Waals surface area (Å²) in [5, 5.41) is 1.55. The van der Waals surface area contributed by atoms with Gasteiger partial charge in [0.15, 0.2) is 6.61 Å². The van der Waals surface area contributed by atoms with Crippen molar-refractivity contribution >= 4 is 45.0 Å². The van der Waals surface area contributed by atoms with Crippen LogP contribution in [-0.4, -0.2) is 67.7 Å². The van der Waals surface area contributed by atoms with Gasteiger partial charge >= 0.3 is 5.97 Å². The van der Waals surface area contributed by atoms with Crippen molar-refractivity contribution < 1.29 is 22.7 Å². The van der Waals surface area contributed by atoms with E-state index >= 15 is 0 Å². The quantitative estimate of drug-likeness (QED) is 0.538. The summed E-state index contributed by atoms with van der Waals surface area (Å²) in [4.78, 5) is 26.4. The molecule has 0 saturated carbocycles. The minimum atomic E-state index is -3.76. The van der Waals surface area contributed by atoms with Gasteiger partial charge in [0.1, 0.15) is 9.77 Å². The van der Waals surface area contributed by atoms with E-state index in [1.165, 1.54) is 20.8 Å². The van der Waals surface area contributed by atoms with Crippen LogP contribution in [-0.2, 0) is 32.5 Å². The lowest BCUT2D eigenvalue weighted by Crippen LogP contribution is -2.38. The molecule has 1 aliphatic rings. The van der Waals surface area contributed by atoms with E-state index in [4.69, 9.17) is 4.74 Å². The number of nitrogens with zero attached hydrogens (tertiary/aromatic N) is 2. The molecule has 1 amide bonds. The highest BCUT2D eigenvalue weighted by atomic mass is 32.2. The van der Waals surface area contributed by atoms with E-state index in [9.17, 15) is 18.0 Å². The lowest BCUT2D eigenvalue weighted by atomic mass is 10.1. The van der Waals surface area contributed by atoms with Gasteiger partial charge in [0.25, 0.3) is 5.91 Å². The molecule has 1 saturated heterocycles. The average Bonchev–Trinajstić information content (AvgIpc) is 3.29. The van der Waals surface area contributed by atoms with Gasteiger partial charge in [-0.2, -0.15) is 16.1 Å². The zero-order valence-electron chi connectivity index (χ0n) is 17.6. The van der Waals surface area contributed by atoms with Gasteiger partial charge in [0, 0.05) is 38.2 Å². The summed E-state index contributed by atoms with van der Waals surface area (Å²) in [5.74, 6) is 0.298. The fourth-order valence-electron chi connectivity index (χ4n) is 3.12. The number of ether oxygens (including phenoxy) is 1. The first-order valence-electron chi connectivity index (χ1n) is 9.97. The standard InChI is InChI=1S/C21H26N2O5S3/c1-3-16-4-6-17(7-5-16)14-22(2)19(24)15-28-21(25)20-18(8-11-30-20)31(26,27)23-9-12-29-13-10-23/h4-8,11H,3,9-10,12-15H2,1-2H3. The van der Waals surface area contributed by atoms with Crippen molar-refractivity contribution in [3.8, 4) is 0 Å². The number of hydrogen-bond acceptors (Lipinski definition) is 7. The molecular weight excluding hydrogens is 456 g/mol. The van der Waals surface area contributed by atoms with Crippen molar-refractivity contribution in [2.45, 2.75) is 24.8 Å². The van der Waals surface area contributed by atoms with Gasteiger partial charge in [-0.05, 0) is 29.0 Å². The maximum absolute atomic E-state index is 12.9. The third-order valence-electron chi connectivity index (χ3n) is 5.01. The maximum atomic E-state index is 12.9. The number of likely N-dealkylation sites (N-methyl/N-ethyl adjacent to an activating group) is 1. The topological polar surface area (TPSA) is 84.0 Å². The number of thioether (sulfide) groups is 1. The lowest BCUT2D eigenvalue weighted by Gasteiger charge is -2.25. The lowest BCUT2D eigenvalue weighted by molar-refractivity contribution is -0.133. The zero-order valence-corrected chi connectivity index (χ0v) is 20.0. The minimum absolute atomic E-state index is 0.00355. The molecule has 0 aliphatic carbocycles. The van der Waals surface area contributed by atoms with Crippen LogP contribution in [0.4, 0.5) is 0 Å². The number of esters is 1. The zero-order chi connectivity index (χ0) is 22.4. The molecule has 0 radical (unpaired) electrons. The third-order valence-corrected chi connectivity index (χ3v) is 8.91. The second-order valence-corrected chi connectivity index (χ2v) is 11.2. The van der Waals surface area contributed by atoms with Crippen LogP contribution in [0.15, 0.2) is 40.6 Å². The van der Waals surface area contributed by atoms with Crippen LogP contribution in [0.3, 0.4) is 0 Å². The Labute approximate surface area is 191 Å². The Bertz CT molecular complexity index is 1010. The van der Waals surface area contributed by atoms with Crippen LogP contribution in [0.1, 0.15) is 27.7 Å². The Balaban J connectivity index is 1.59. The fraction of sp³-hybridized carbons (Fsp3) is 0.429. The van der Waals surface area contributed by atoms with Crippen molar-refractivity contribution in [2.75, 3.05) is 38.2 Å². The predicted octanol–water partition coefficient (Wildman–Crippen LogP) is 2.86. The highest BCUT2D eigenvalue weighted by molar-refractivity contribution is 7.99. The smallest absolute Gasteiger partial charge is 0.350 e. The van der Waals surface area contributed by atoms with E-state index in [2.05, 4.69) is 6.92 Å². The number of amides is 1. The van der Waals surface area contributed by atoms with Gasteiger partial charge in [0.05, 0.1) is 0 Å². The Morgan fingerprint density at radius 2 is 1.74 bits per heavy atom. The average molecular weight is 483 g/mol. The fourth-order valence-corrected chi connectivity index (χ4v) is 6.98. The van der Waals surface area contributed by atoms with Crippen molar-refractivity contribution in [3.05, 3.63) is 51.7 Å². The van der Waals surface area contributed by atoms with Gasteiger partial charge in [-0.15, -0.1) is 11.3 Å². The van der Waals surface area contributed by atoms with E-state index in [0.717, 1.165) is 34.8 Å². The number of benzene rings is 1. The normalized spacial score (nSPS) is 14.9. The summed E-state index contributed by atoms with van der Waals surface area (Å²) in [6.07, 6.45) is 0.947. The molecule has 0 unspecified atom stereocenters. The van der Waals surface area contributed by atoms with E-state index in [1.807, 2.05) is 24.3 Å². The molecule has 31 heavy (non-hydrogen) atoms. The number of hydrogen-bond donors (Lipinski definition) is 0. The second-order valence-electron chi connectivity index (χ2n) is 7.13. The molecule has 0 atom stereocenters. The molecule has 7 nitrogen and oxygen atoms in total. The first kappa shape index (κ1) is 23.8. The van der Waals surface area contributed by atoms with Crippen LogP contribution in [0, 0.1) is 0 Å². The van der Waals surface area contributed by atoms with Crippen LogP contribution >= 0.6 is 23.1 Å². The van der Waals surface area contributed by atoms with E-state index < -0.39 is 22.6 Å². The molecule has 168 valence electrons. The van der Waals surface area contributed by atoms with Crippen molar-refractivity contribution in [1.29, 1.82) is 0 Å². The molecule has 1 aliphatic heterocycles. The number of rotatable bonds is 8. The third kappa shape index (κ3) is 5.88. The molecule has 0 bridgehead atoms. The minimum Gasteiger partial charge on any atom is -0.451 e. The molecular formula is C21H26N2O5S3. The SMILES string of the molecule is CCc1ccc(CN(C)C(=O)COC(=O)c2sccc2S(=O)(=O)N2CCSCC2)cc1. The number of carbonyl (C=O) groups excluding carboxylic acids is 2. The first-order chi connectivity index (χ1) is 14.8. The highest BCUT2D eigenvalue weighted by Crippen LogP contribution is 2.27. The molecule has 0 N–H and O–H groups in total. The number of sulfonamides is 1. The highest BCUT2D eigenvalue weighted by Gasteiger charge is 2.32. The maximum Gasteiger partial charge on any atom is 0.350 e. The molecule has 1 aromatic carbocycles. The van der Waals surface area contributed by atoms with Crippen molar-refractivity contribution in [1.82, 2.24) is 9.21 Å². The van der Waals surface area contributed by atoms with E-state index in [1.54, 1.807) is 24.2 Å². The monoisotopic (exact) mass is 482 g/mol. The summed E-state index contributed by atoms with van der Waals surface area (Å²) in [6, 6.07) is 9.40. The van der Waals surface area contributed by atoms with Crippen molar-refractivity contribution in [2.24, 2.45) is 0 Å². The number of aryl methyl sites for hydroxylation is 1. The Morgan fingerprint density at radius 1 is 1.10 bits per heavy atom. The van der Waals surface area contributed by atoms with Crippen LogP contribution in [0.5, 0.6) is 0 Å². The van der Waals surface area contributed by atoms with Gasteiger partial charge in [0.2, 0.25) is 10.0 Å². The largest absolute Gasteiger partial charge is 0.451 e. The Kier molecular flexibility index (Phi) is 8.15. The summed E-state index contributed by atoms with van der Waals surface area (Å²) >= 11 is 2.71. The molecule has 3 rings (SSSR count). The van der Waals surface area contributed by atoms with Crippen LogP contribution in [0.2, 0.25) is 0 Å². The molecule has 2 aromatic rings. The van der Waals surface area contributed by atoms with Gasteiger partial charge in [-0.3, -0.25) is 4.79 Å². The van der Waals surface area contributed by atoms with Crippen molar-refractivity contribution in [3.63, 3.8) is 0 Å². The summed E-state index contributed by atoms with van der Waals surface area (Å²) < 4.78 is 32.4. The molecule has 0 spiro atoms. The Morgan fingerprint density at radius 3 is 2.39 bits per heavy atom. The van der Waals surface area contributed by atoms with E-state index in [-0.39, 0.29) is 15.7 Å². The van der Waals surface area contributed by atoms with E-state index in [0.29, 0.717) is 19.6 Å². The van der Waals surface area contributed by atoms with Gasteiger partial charge in [-0.25, -0.2) is 13.2 Å². The van der Waals surface area contributed by atoms with Crippen LogP contribution in [0.25, 0.3) is 0 Å². The summed E-state index contributed by atoms with van der Waals surface area (Å²) in [5.41, 5.74) is 2.20. The summed E-state index contributed by atoms with van der Waals surface area (Å²) in [7, 11) is -2.12. The molecule has 1 fully saturated rings. The molecule has 2 heterocycles. The molecule has 10 heteroatoms. The Hall–Kier alpha value is -1.88. The second kappa shape index (κ2) is 10.6. The van der Waals surface area contributed by atoms with Gasteiger partial charge < -0.3 is 9.64 Å². The van der Waals surface area contributed by atoms with Gasteiger partial charge in [-0.1, -0.05) is 31.2 Å².